The molecule has 0 aromatic carbocycles. The lowest BCUT2D eigenvalue weighted by Crippen LogP contribution is -2.53. The van der Waals surface area contributed by atoms with E-state index in [0.29, 0.717) is 30.8 Å². The number of amides is 2. The van der Waals surface area contributed by atoms with Crippen molar-refractivity contribution in [2.75, 3.05) is 18.4 Å². The van der Waals surface area contributed by atoms with Gasteiger partial charge in [0.2, 0.25) is 0 Å². The van der Waals surface area contributed by atoms with Gasteiger partial charge in [-0.05, 0) is 52.5 Å². The Morgan fingerprint density at radius 1 is 1.23 bits per heavy atom. The van der Waals surface area contributed by atoms with Crippen molar-refractivity contribution in [3.05, 3.63) is 36.4 Å². The Morgan fingerprint density at radius 3 is 2.57 bits per heavy atom. The van der Waals surface area contributed by atoms with Crippen LogP contribution >= 0.6 is 0 Å². The fraction of sp³-hybridized carbons (Fsp3) is 0.520. The van der Waals surface area contributed by atoms with Crippen molar-refractivity contribution in [2.24, 2.45) is 11.7 Å². The molecule has 2 atom stereocenters. The summed E-state index contributed by atoms with van der Waals surface area (Å²) in [5, 5.41) is 22.6. The second-order valence-corrected chi connectivity index (χ2v) is 10.2. The van der Waals surface area contributed by atoms with Crippen LogP contribution in [0.1, 0.15) is 63.9 Å². The molecule has 10 nitrogen and oxygen atoms in total. The number of likely N-dealkylation sites (tertiary alicyclic amines) is 1. The van der Waals surface area contributed by atoms with Gasteiger partial charge in [-0.3, -0.25) is 14.3 Å². The molecular formula is C25H35N7O3. The molecule has 0 spiro atoms. The highest BCUT2D eigenvalue weighted by atomic mass is 16.3. The zero-order valence-corrected chi connectivity index (χ0v) is 21.0. The summed E-state index contributed by atoms with van der Waals surface area (Å²) in [6.45, 7) is 10.3. The van der Waals surface area contributed by atoms with Crippen molar-refractivity contribution in [1.82, 2.24) is 24.3 Å². The van der Waals surface area contributed by atoms with E-state index in [0.717, 1.165) is 23.1 Å². The number of hydrogen-bond acceptors (Lipinski definition) is 6. The number of rotatable bonds is 7. The monoisotopic (exact) mass is 481 g/mol. The van der Waals surface area contributed by atoms with Gasteiger partial charge < -0.3 is 21.1 Å². The van der Waals surface area contributed by atoms with Gasteiger partial charge >= 0.3 is 0 Å². The molecule has 1 fully saturated rings. The molecule has 3 aromatic rings. The molecule has 0 radical (unpaired) electrons. The minimum absolute atomic E-state index is 0.0252. The van der Waals surface area contributed by atoms with Gasteiger partial charge in [0.15, 0.2) is 0 Å². The number of primary amides is 1. The quantitative estimate of drug-likeness (QED) is 0.476. The molecule has 0 aliphatic carbocycles. The fourth-order valence-electron chi connectivity index (χ4n) is 4.72. The number of aromatic nitrogens is 4. The van der Waals surface area contributed by atoms with Crippen LogP contribution in [0.15, 0.2) is 30.9 Å². The SMILES string of the molecule is CC[C@@H]1CN(C(=O)C(C)(C)O)CC[C@H]1Nc1c(C(N)=O)cnn2cc(-c3cnn(C(C)C)c3)cc12. The minimum Gasteiger partial charge on any atom is -0.381 e. The third-order valence-electron chi connectivity index (χ3n) is 6.77. The number of carbonyl (C=O) groups is 2. The number of carbonyl (C=O) groups excluding carboxylic acids is 2. The van der Waals surface area contributed by atoms with Crippen LogP contribution < -0.4 is 11.1 Å². The first kappa shape index (κ1) is 24.7. The van der Waals surface area contributed by atoms with E-state index < -0.39 is 11.5 Å². The Bertz CT molecular complexity index is 1240. The van der Waals surface area contributed by atoms with Crippen LogP contribution in [0.2, 0.25) is 0 Å². The molecule has 0 unspecified atom stereocenters. The molecule has 35 heavy (non-hydrogen) atoms. The largest absolute Gasteiger partial charge is 0.381 e. The summed E-state index contributed by atoms with van der Waals surface area (Å²) in [7, 11) is 0. The molecule has 1 aliphatic rings. The maximum atomic E-state index is 12.6. The molecule has 4 N–H and O–H groups in total. The first-order valence-electron chi connectivity index (χ1n) is 12.1. The van der Waals surface area contributed by atoms with E-state index >= 15 is 0 Å². The topological polar surface area (TPSA) is 131 Å². The predicted octanol–water partition coefficient (Wildman–Crippen LogP) is 2.69. The van der Waals surface area contributed by atoms with Crippen LogP contribution in [-0.2, 0) is 4.79 Å². The number of aliphatic hydroxyl groups is 1. The van der Waals surface area contributed by atoms with E-state index in [2.05, 4.69) is 36.3 Å². The van der Waals surface area contributed by atoms with E-state index in [1.54, 1.807) is 9.42 Å². The van der Waals surface area contributed by atoms with Gasteiger partial charge in [0, 0.05) is 48.7 Å². The van der Waals surface area contributed by atoms with Crippen LogP contribution in [0.3, 0.4) is 0 Å². The second-order valence-electron chi connectivity index (χ2n) is 10.2. The van der Waals surface area contributed by atoms with E-state index in [9.17, 15) is 14.7 Å². The Kier molecular flexibility index (Phi) is 6.59. The molecule has 1 saturated heterocycles. The lowest BCUT2D eigenvalue weighted by atomic mass is 9.88. The minimum atomic E-state index is -1.40. The number of nitrogens with zero attached hydrogens (tertiary/aromatic N) is 5. The van der Waals surface area contributed by atoms with Gasteiger partial charge in [-0.15, -0.1) is 0 Å². The average Bonchev–Trinajstić information content (AvgIpc) is 3.45. The van der Waals surface area contributed by atoms with Gasteiger partial charge in [0.1, 0.15) is 5.60 Å². The molecule has 188 valence electrons. The van der Waals surface area contributed by atoms with E-state index in [1.807, 2.05) is 29.3 Å². The summed E-state index contributed by atoms with van der Waals surface area (Å²) in [5.74, 6) is -0.681. The third-order valence-corrected chi connectivity index (χ3v) is 6.77. The van der Waals surface area contributed by atoms with Gasteiger partial charge in [-0.2, -0.15) is 10.2 Å². The van der Waals surface area contributed by atoms with Gasteiger partial charge in [-0.1, -0.05) is 6.92 Å². The third kappa shape index (κ3) is 4.88. The van der Waals surface area contributed by atoms with Crippen molar-refractivity contribution in [1.29, 1.82) is 0 Å². The molecular weight excluding hydrogens is 446 g/mol. The molecule has 0 bridgehead atoms. The second kappa shape index (κ2) is 9.33. The van der Waals surface area contributed by atoms with Crippen molar-refractivity contribution < 1.29 is 14.7 Å². The fourth-order valence-corrected chi connectivity index (χ4v) is 4.72. The van der Waals surface area contributed by atoms with Crippen molar-refractivity contribution in [2.45, 2.75) is 65.1 Å². The maximum absolute atomic E-state index is 12.6. The maximum Gasteiger partial charge on any atom is 0.253 e. The van der Waals surface area contributed by atoms with Gasteiger partial charge in [0.25, 0.3) is 11.8 Å². The summed E-state index contributed by atoms with van der Waals surface area (Å²) in [6.07, 6.45) is 8.73. The summed E-state index contributed by atoms with van der Waals surface area (Å²) in [6, 6.07) is 2.26. The average molecular weight is 482 g/mol. The molecule has 0 saturated carbocycles. The summed E-state index contributed by atoms with van der Waals surface area (Å²) in [4.78, 5) is 26.7. The van der Waals surface area contributed by atoms with Gasteiger partial charge in [0.05, 0.1) is 29.2 Å². The standard InChI is InChI=1S/C25H35N7O3/c1-6-16-12-30(24(34)25(4,5)35)8-7-20(16)29-22-19(23(26)33)11-28-32-13-17(9-21(22)32)18-10-27-31(14-18)15(2)3/h9-11,13-16,20,29,35H,6-8,12H2,1-5H3,(H2,26,33)/t16-,20-/m1/s1. The van der Waals surface area contributed by atoms with E-state index in [1.165, 1.54) is 20.0 Å². The molecule has 2 amide bonds. The number of fused-ring (bicyclic) bond motifs is 1. The zero-order valence-electron chi connectivity index (χ0n) is 21.0. The lowest BCUT2D eigenvalue weighted by Gasteiger charge is -2.41. The highest BCUT2D eigenvalue weighted by molar-refractivity contribution is 6.02. The normalized spacial score (nSPS) is 18.9. The van der Waals surface area contributed by atoms with Crippen LogP contribution in [0.5, 0.6) is 0 Å². The first-order valence-corrected chi connectivity index (χ1v) is 12.1. The van der Waals surface area contributed by atoms with Crippen molar-refractivity contribution >= 4 is 23.0 Å². The van der Waals surface area contributed by atoms with Crippen molar-refractivity contribution in [3.63, 3.8) is 0 Å². The molecule has 4 heterocycles. The molecule has 10 heteroatoms. The van der Waals surface area contributed by atoms with Crippen molar-refractivity contribution in [3.8, 4) is 11.1 Å². The smallest absolute Gasteiger partial charge is 0.253 e. The van der Waals surface area contributed by atoms with Crippen LogP contribution in [-0.4, -0.2) is 65.9 Å². The predicted molar refractivity (Wildman–Crippen MR) is 134 cm³/mol. The zero-order chi connectivity index (χ0) is 25.5. The Hall–Kier alpha value is -3.40. The Morgan fingerprint density at radius 2 is 1.97 bits per heavy atom. The summed E-state index contributed by atoms with van der Waals surface area (Å²) >= 11 is 0. The first-order chi connectivity index (χ1) is 16.5. The lowest BCUT2D eigenvalue weighted by molar-refractivity contribution is -0.149. The van der Waals surface area contributed by atoms with E-state index in [4.69, 9.17) is 5.73 Å². The molecule has 4 rings (SSSR count). The number of hydrogen-bond donors (Lipinski definition) is 3. The van der Waals surface area contributed by atoms with Crippen LogP contribution in [0, 0.1) is 5.92 Å². The Labute approximate surface area is 205 Å². The Balaban J connectivity index is 1.67. The number of piperidine rings is 1. The molecule has 3 aromatic heterocycles. The molecule has 1 aliphatic heterocycles. The number of nitrogens with two attached hydrogens (primary N) is 1. The highest BCUT2D eigenvalue weighted by Crippen LogP contribution is 2.32. The summed E-state index contributed by atoms with van der Waals surface area (Å²) < 4.78 is 3.64. The van der Waals surface area contributed by atoms with Crippen LogP contribution in [0.25, 0.3) is 16.6 Å². The van der Waals surface area contributed by atoms with Crippen LogP contribution in [0.4, 0.5) is 5.69 Å². The van der Waals surface area contributed by atoms with E-state index in [-0.39, 0.29) is 23.9 Å². The number of anilines is 1. The number of nitrogens with one attached hydrogen (secondary N) is 1. The highest BCUT2D eigenvalue weighted by Gasteiger charge is 2.36. The summed E-state index contributed by atoms with van der Waals surface area (Å²) in [5.41, 5.74) is 7.93. The van der Waals surface area contributed by atoms with Gasteiger partial charge in [-0.25, -0.2) is 4.52 Å².